The summed E-state index contributed by atoms with van der Waals surface area (Å²) in [7, 11) is 0. The van der Waals surface area contributed by atoms with Crippen LogP contribution in [0.2, 0.25) is 5.02 Å². The molecule has 1 aliphatic rings. The van der Waals surface area contributed by atoms with Crippen molar-refractivity contribution in [2.45, 2.75) is 18.9 Å². The monoisotopic (exact) mass is 464 g/mol. The first kappa shape index (κ1) is 22.4. The number of carbonyl (C=O) groups excluding carboxylic acids is 2. The lowest BCUT2D eigenvalue weighted by Crippen LogP contribution is -2.42. The van der Waals surface area contributed by atoms with Crippen LogP contribution in [-0.4, -0.2) is 35.7 Å². The predicted molar refractivity (Wildman–Crippen MR) is 125 cm³/mol. The summed E-state index contributed by atoms with van der Waals surface area (Å²) in [5.41, 5.74) is 4.55. The number of aromatic carboxylic acids is 1. The molecule has 2 amide bonds. The second-order valence-corrected chi connectivity index (χ2v) is 8.09. The van der Waals surface area contributed by atoms with Crippen molar-refractivity contribution in [3.05, 3.63) is 88.4 Å². The number of halogens is 1. The molecule has 8 heteroatoms. The fourth-order valence-corrected chi connectivity index (χ4v) is 4.10. The molecule has 0 heterocycles. The first-order chi connectivity index (χ1) is 15.8. The predicted octanol–water partition coefficient (Wildman–Crippen LogP) is 4.90. The van der Waals surface area contributed by atoms with Gasteiger partial charge in [-0.3, -0.25) is 4.79 Å². The van der Waals surface area contributed by atoms with Gasteiger partial charge in [0, 0.05) is 11.6 Å². The number of anilines is 1. The van der Waals surface area contributed by atoms with Crippen molar-refractivity contribution in [1.29, 1.82) is 0 Å². The standard InChI is InChI=1S/C25H21ClN2O5/c1-14(23(29)28-15-10-11-22(26)20(12-15)24(30)31)27-25(32)33-13-21-18-8-4-2-6-16(18)17-7-3-5-9-19(17)21/h2-12,14,21H,13H2,1H3,(H,27,32)(H,28,29)(H,30,31)/t14-/m1/s1. The lowest BCUT2D eigenvalue weighted by atomic mass is 9.98. The maximum atomic E-state index is 12.4. The minimum atomic E-state index is -1.21. The Bertz CT molecular complexity index is 1200. The van der Waals surface area contributed by atoms with E-state index in [1.165, 1.54) is 25.1 Å². The Labute approximate surface area is 195 Å². The highest BCUT2D eigenvalue weighted by Gasteiger charge is 2.29. The highest BCUT2D eigenvalue weighted by atomic mass is 35.5. The molecule has 3 N–H and O–H groups in total. The molecule has 4 rings (SSSR count). The molecule has 168 valence electrons. The molecule has 33 heavy (non-hydrogen) atoms. The average molecular weight is 465 g/mol. The molecule has 3 aromatic rings. The van der Waals surface area contributed by atoms with Crippen LogP contribution in [0.4, 0.5) is 10.5 Å². The molecule has 0 aromatic heterocycles. The van der Waals surface area contributed by atoms with E-state index in [-0.39, 0.29) is 28.8 Å². The number of carboxylic acid groups (broad SMARTS) is 1. The van der Waals surface area contributed by atoms with E-state index in [0.29, 0.717) is 0 Å². The van der Waals surface area contributed by atoms with Crippen LogP contribution >= 0.6 is 11.6 Å². The van der Waals surface area contributed by atoms with E-state index < -0.39 is 24.0 Å². The van der Waals surface area contributed by atoms with E-state index in [2.05, 4.69) is 10.6 Å². The number of carboxylic acids is 1. The molecule has 1 aliphatic carbocycles. The van der Waals surface area contributed by atoms with Gasteiger partial charge in [-0.1, -0.05) is 60.1 Å². The largest absolute Gasteiger partial charge is 0.478 e. The Balaban J connectivity index is 1.36. The molecular formula is C25H21ClN2O5. The van der Waals surface area contributed by atoms with E-state index >= 15 is 0 Å². The maximum Gasteiger partial charge on any atom is 0.407 e. The summed E-state index contributed by atoms with van der Waals surface area (Å²) < 4.78 is 5.45. The van der Waals surface area contributed by atoms with Gasteiger partial charge in [0.25, 0.3) is 0 Å². The molecule has 0 aliphatic heterocycles. The van der Waals surface area contributed by atoms with E-state index in [9.17, 15) is 14.4 Å². The third kappa shape index (κ3) is 4.68. The Kier molecular flexibility index (Phi) is 6.33. The summed E-state index contributed by atoms with van der Waals surface area (Å²) in [5.74, 6) is -1.82. The first-order valence-corrected chi connectivity index (χ1v) is 10.7. The van der Waals surface area contributed by atoms with Crippen LogP contribution in [0.1, 0.15) is 34.3 Å². The van der Waals surface area contributed by atoms with Gasteiger partial charge in [0.15, 0.2) is 0 Å². The number of hydrogen-bond donors (Lipinski definition) is 3. The van der Waals surface area contributed by atoms with Crippen molar-refractivity contribution in [3.63, 3.8) is 0 Å². The van der Waals surface area contributed by atoms with Crippen LogP contribution in [0.15, 0.2) is 66.7 Å². The molecule has 0 fully saturated rings. The minimum Gasteiger partial charge on any atom is -0.478 e. The SMILES string of the molecule is C[C@@H](NC(=O)OCC1c2ccccc2-c2ccccc21)C(=O)Nc1ccc(Cl)c(C(=O)O)c1. The van der Waals surface area contributed by atoms with Crippen molar-refractivity contribution < 1.29 is 24.2 Å². The second-order valence-electron chi connectivity index (χ2n) is 7.68. The molecule has 0 saturated carbocycles. The quantitative estimate of drug-likeness (QED) is 0.481. The smallest absolute Gasteiger partial charge is 0.407 e. The number of benzene rings is 3. The van der Waals surface area contributed by atoms with Gasteiger partial charge >= 0.3 is 12.1 Å². The lowest BCUT2D eigenvalue weighted by molar-refractivity contribution is -0.117. The number of nitrogens with one attached hydrogen (secondary N) is 2. The Morgan fingerprint density at radius 3 is 2.21 bits per heavy atom. The van der Waals surface area contributed by atoms with E-state index in [1.807, 2.05) is 48.5 Å². The third-order valence-corrected chi connectivity index (χ3v) is 5.87. The molecule has 3 aromatic carbocycles. The van der Waals surface area contributed by atoms with Gasteiger partial charge in [0.05, 0.1) is 10.6 Å². The highest BCUT2D eigenvalue weighted by molar-refractivity contribution is 6.33. The average Bonchev–Trinajstić information content (AvgIpc) is 3.12. The fourth-order valence-electron chi connectivity index (χ4n) is 3.90. The zero-order valence-electron chi connectivity index (χ0n) is 17.7. The number of amides is 2. The maximum absolute atomic E-state index is 12.4. The summed E-state index contributed by atoms with van der Waals surface area (Å²) in [6.45, 7) is 1.64. The third-order valence-electron chi connectivity index (χ3n) is 5.54. The normalized spacial score (nSPS) is 12.9. The van der Waals surface area contributed by atoms with Gasteiger partial charge < -0.3 is 20.5 Å². The molecule has 0 spiro atoms. The number of hydrogen-bond acceptors (Lipinski definition) is 4. The number of ether oxygens (including phenoxy) is 1. The van der Waals surface area contributed by atoms with Crippen LogP contribution in [0, 0.1) is 0 Å². The topological polar surface area (TPSA) is 105 Å². The zero-order valence-corrected chi connectivity index (χ0v) is 18.4. The van der Waals surface area contributed by atoms with Crippen LogP contribution in [0.3, 0.4) is 0 Å². The van der Waals surface area contributed by atoms with Crippen LogP contribution < -0.4 is 10.6 Å². The van der Waals surface area contributed by atoms with E-state index in [1.54, 1.807) is 0 Å². The van der Waals surface area contributed by atoms with Crippen molar-refractivity contribution in [3.8, 4) is 11.1 Å². The van der Waals surface area contributed by atoms with E-state index in [0.717, 1.165) is 22.3 Å². The molecule has 7 nitrogen and oxygen atoms in total. The number of fused-ring (bicyclic) bond motifs is 3. The van der Waals surface area contributed by atoms with Gasteiger partial charge in [-0.05, 0) is 47.4 Å². The van der Waals surface area contributed by atoms with Gasteiger partial charge in [-0.2, -0.15) is 0 Å². The Morgan fingerprint density at radius 1 is 1.00 bits per heavy atom. The fraction of sp³-hybridized carbons (Fsp3) is 0.160. The molecule has 0 radical (unpaired) electrons. The molecule has 0 bridgehead atoms. The summed E-state index contributed by atoms with van der Waals surface area (Å²) in [4.78, 5) is 36.0. The van der Waals surface area contributed by atoms with Gasteiger partial charge in [0.1, 0.15) is 12.6 Å². The summed E-state index contributed by atoms with van der Waals surface area (Å²) in [6.07, 6.45) is -0.721. The van der Waals surface area contributed by atoms with Crippen LogP contribution in [-0.2, 0) is 9.53 Å². The summed E-state index contributed by atoms with van der Waals surface area (Å²) in [5, 5.41) is 14.3. The van der Waals surface area contributed by atoms with Gasteiger partial charge in [-0.25, -0.2) is 9.59 Å². The number of alkyl carbamates (subject to hydrolysis) is 1. The number of carbonyl (C=O) groups is 3. The van der Waals surface area contributed by atoms with Crippen molar-refractivity contribution in [2.75, 3.05) is 11.9 Å². The van der Waals surface area contributed by atoms with Gasteiger partial charge in [-0.15, -0.1) is 0 Å². The van der Waals surface area contributed by atoms with Crippen molar-refractivity contribution in [2.24, 2.45) is 0 Å². The van der Waals surface area contributed by atoms with Crippen LogP contribution in [0.5, 0.6) is 0 Å². The number of rotatable bonds is 6. The van der Waals surface area contributed by atoms with Crippen molar-refractivity contribution >= 4 is 35.3 Å². The molecule has 1 atom stereocenters. The second kappa shape index (κ2) is 9.34. The highest BCUT2D eigenvalue weighted by Crippen LogP contribution is 2.44. The lowest BCUT2D eigenvalue weighted by Gasteiger charge is -2.17. The summed E-state index contributed by atoms with van der Waals surface area (Å²) in [6, 6.07) is 19.2. The van der Waals surface area contributed by atoms with Crippen LogP contribution in [0.25, 0.3) is 11.1 Å². The molecular weight excluding hydrogens is 444 g/mol. The molecule has 0 unspecified atom stereocenters. The Morgan fingerprint density at radius 2 is 1.61 bits per heavy atom. The van der Waals surface area contributed by atoms with E-state index in [4.69, 9.17) is 21.4 Å². The Hall–Kier alpha value is -3.84. The minimum absolute atomic E-state index is 0.0605. The van der Waals surface area contributed by atoms with Crippen molar-refractivity contribution in [1.82, 2.24) is 5.32 Å². The van der Waals surface area contributed by atoms with Gasteiger partial charge in [0.2, 0.25) is 5.91 Å². The zero-order chi connectivity index (χ0) is 23.5. The molecule has 0 saturated heterocycles. The first-order valence-electron chi connectivity index (χ1n) is 10.3. The summed E-state index contributed by atoms with van der Waals surface area (Å²) >= 11 is 5.84.